The van der Waals surface area contributed by atoms with Gasteiger partial charge in [-0.3, -0.25) is 13.9 Å². The highest BCUT2D eigenvalue weighted by Crippen LogP contribution is 2.38. The number of hydrogen-bond acceptors (Lipinski definition) is 8. The fraction of sp³-hybridized carbons (Fsp3) is 0.462. The van der Waals surface area contributed by atoms with Gasteiger partial charge < -0.3 is 29.7 Å². The fourth-order valence-corrected chi connectivity index (χ4v) is 3.02. The Morgan fingerprint density at radius 2 is 2.04 bits per heavy atom. The Labute approximate surface area is 149 Å². The van der Waals surface area contributed by atoms with Crippen LogP contribution >= 0.6 is 7.82 Å². The highest BCUT2D eigenvalue weighted by molar-refractivity contribution is 7.46. The average Bonchev–Trinajstić information content (AvgIpc) is 2.85. The number of rotatable bonds is 4. The van der Waals surface area contributed by atoms with Crippen LogP contribution in [0.2, 0.25) is 0 Å². The summed E-state index contributed by atoms with van der Waals surface area (Å²) in [6.07, 6.45) is -5.29. The molecule has 27 heavy (non-hydrogen) atoms. The summed E-state index contributed by atoms with van der Waals surface area (Å²) in [5, 5.41) is 19.8. The molecule has 1 saturated heterocycles. The summed E-state index contributed by atoms with van der Waals surface area (Å²) in [5.41, 5.74) is -2.32. The van der Waals surface area contributed by atoms with Crippen LogP contribution in [0, 0.1) is 12.7 Å². The average molecular weight is 407 g/mol. The third-order valence-electron chi connectivity index (χ3n) is 4.11. The maximum atomic E-state index is 14.3. The number of fused-ring (bicyclic) bond motifs is 1. The number of aromatic nitrogens is 3. The van der Waals surface area contributed by atoms with Crippen LogP contribution in [0.3, 0.4) is 0 Å². The van der Waals surface area contributed by atoms with E-state index in [1.807, 2.05) is 0 Å². The van der Waals surface area contributed by atoms with E-state index in [0.29, 0.717) is 4.57 Å². The zero-order valence-corrected chi connectivity index (χ0v) is 14.5. The molecule has 1 aliphatic rings. The molecule has 0 amide bonds. The maximum Gasteiger partial charge on any atom is 0.469 e. The molecule has 5 N–H and O–H groups in total. The second kappa shape index (κ2) is 6.87. The van der Waals surface area contributed by atoms with Crippen molar-refractivity contribution in [1.82, 2.24) is 14.5 Å². The number of aliphatic hydroxyl groups is 2. The first-order valence-electron chi connectivity index (χ1n) is 7.52. The molecule has 0 radical (unpaired) electrons. The molecule has 0 aromatic carbocycles. The highest BCUT2D eigenvalue weighted by atomic mass is 31.2. The summed E-state index contributed by atoms with van der Waals surface area (Å²) in [5.74, 6) is -0.926. The molecule has 0 saturated carbocycles. The lowest BCUT2D eigenvalue weighted by Crippen LogP contribution is -2.36. The molecule has 3 rings (SSSR count). The van der Waals surface area contributed by atoms with Crippen molar-refractivity contribution in [2.75, 3.05) is 6.61 Å². The molecule has 3 heterocycles. The minimum Gasteiger partial charge on any atom is -0.387 e. The van der Waals surface area contributed by atoms with E-state index < -0.39 is 56.0 Å². The Morgan fingerprint density at radius 1 is 1.37 bits per heavy atom. The van der Waals surface area contributed by atoms with Crippen molar-refractivity contribution in [3.8, 4) is 0 Å². The molecular weight excluding hydrogens is 392 g/mol. The molecule has 12 nitrogen and oxygen atoms in total. The second-order valence-corrected chi connectivity index (χ2v) is 7.16. The van der Waals surface area contributed by atoms with Gasteiger partial charge in [-0.15, -0.1) is 0 Å². The monoisotopic (exact) mass is 407 g/mol. The van der Waals surface area contributed by atoms with E-state index in [1.54, 1.807) is 0 Å². The number of nitrogens with zero attached hydrogens (tertiary/aromatic N) is 2. The number of pyridine rings is 1. The molecule has 4 atom stereocenters. The number of nitrogens with one attached hydrogen (secondary N) is 1. The topological polar surface area (TPSA) is 184 Å². The minimum absolute atomic E-state index is 0.230. The molecule has 1 fully saturated rings. The largest absolute Gasteiger partial charge is 0.469 e. The Balaban J connectivity index is 1.99. The van der Waals surface area contributed by atoms with Gasteiger partial charge in [0.15, 0.2) is 6.23 Å². The van der Waals surface area contributed by atoms with Crippen LogP contribution in [0.4, 0.5) is 4.39 Å². The van der Waals surface area contributed by atoms with Crippen molar-refractivity contribution in [3.05, 3.63) is 38.4 Å². The summed E-state index contributed by atoms with van der Waals surface area (Å²) in [6, 6.07) is 0. The first kappa shape index (κ1) is 19.8. The molecule has 0 spiro atoms. The summed E-state index contributed by atoms with van der Waals surface area (Å²) < 4.78 is 35.3. The first-order valence-corrected chi connectivity index (χ1v) is 9.05. The highest BCUT2D eigenvalue weighted by Gasteiger charge is 2.45. The number of H-pyrrole nitrogens is 1. The number of phosphoric acid groups is 1. The van der Waals surface area contributed by atoms with Crippen LogP contribution in [-0.2, 0) is 13.8 Å². The van der Waals surface area contributed by atoms with Crippen LogP contribution < -0.4 is 11.2 Å². The van der Waals surface area contributed by atoms with E-state index in [9.17, 15) is 28.8 Å². The summed E-state index contributed by atoms with van der Waals surface area (Å²) in [6.45, 7) is 0.457. The zero-order valence-electron chi connectivity index (χ0n) is 13.6. The van der Waals surface area contributed by atoms with Crippen LogP contribution in [0.1, 0.15) is 11.8 Å². The van der Waals surface area contributed by atoms with E-state index in [2.05, 4.69) is 14.5 Å². The number of aromatic amines is 1. The van der Waals surface area contributed by atoms with Gasteiger partial charge in [-0.1, -0.05) is 0 Å². The van der Waals surface area contributed by atoms with Gasteiger partial charge in [-0.05, 0) is 6.92 Å². The van der Waals surface area contributed by atoms with Gasteiger partial charge >= 0.3 is 13.5 Å². The van der Waals surface area contributed by atoms with Gasteiger partial charge in [0.2, 0.25) is 0 Å². The van der Waals surface area contributed by atoms with Crippen LogP contribution in [0.25, 0.3) is 11.0 Å². The lowest BCUT2D eigenvalue weighted by molar-refractivity contribution is -0.0540. The molecular formula is C13H15FN3O9P. The van der Waals surface area contributed by atoms with E-state index >= 15 is 0 Å². The molecule has 0 bridgehead atoms. The number of hydrogen-bond donors (Lipinski definition) is 5. The number of aliphatic hydroxyl groups excluding tert-OH is 2. The van der Waals surface area contributed by atoms with Gasteiger partial charge in [0.05, 0.1) is 17.6 Å². The standard InChI is InChI=1S/C13H15FN3O9P/c1-4-7(14)5-2-17(13(21)16-10(5)15-11(4)20)12-9(19)8(18)6(26-12)3-25-27(22,23)24/h2,6,8-9,12,18-19H,3H2,1H3,(H2,22,23,24)(H,15,16,20,21)/t6-,8?,9+,12-/m1/s1. The van der Waals surface area contributed by atoms with Gasteiger partial charge in [0, 0.05) is 6.20 Å². The third kappa shape index (κ3) is 3.71. The number of halogens is 1. The number of phosphoric ester groups is 1. The molecule has 1 unspecified atom stereocenters. The molecule has 2 aromatic heterocycles. The molecule has 0 aliphatic carbocycles. The SMILES string of the molecule is Cc1c(F)c2cn([C@@H]3O[C@H](COP(=O)(O)O)C(O)[C@@H]3O)c(=O)nc2[nH]c1=O. The smallest absolute Gasteiger partial charge is 0.387 e. The normalized spacial score (nSPS) is 26.0. The van der Waals surface area contributed by atoms with Gasteiger partial charge in [-0.25, -0.2) is 13.8 Å². The quantitative estimate of drug-likeness (QED) is 0.365. The van der Waals surface area contributed by atoms with E-state index in [0.717, 1.165) is 6.20 Å². The van der Waals surface area contributed by atoms with Crippen LogP contribution in [-0.4, -0.2) is 59.5 Å². The predicted molar refractivity (Wildman–Crippen MR) is 85.2 cm³/mol. The Morgan fingerprint density at radius 3 is 2.67 bits per heavy atom. The van der Waals surface area contributed by atoms with Gasteiger partial charge in [-0.2, -0.15) is 4.98 Å². The first-order chi connectivity index (χ1) is 12.5. The number of ether oxygens (including phenoxy) is 1. The van der Waals surface area contributed by atoms with Crippen molar-refractivity contribution in [3.63, 3.8) is 0 Å². The second-order valence-electron chi connectivity index (χ2n) is 5.92. The van der Waals surface area contributed by atoms with Crippen molar-refractivity contribution < 1.29 is 38.2 Å². The molecule has 148 valence electrons. The lowest BCUT2D eigenvalue weighted by atomic mass is 10.1. The van der Waals surface area contributed by atoms with Gasteiger partial charge in [0.1, 0.15) is 29.8 Å². The van der Waals surface area contributed by atoms with Crippen molar-refractivity contribution in [1.29, 1.82) is 0 Å². The molecule has 2 aromatic rings. The molecule has 14 heteroatoms. The minimum atomic E-state index is -4.85. The summed E-state index contributed by atoms with van der Waals surface area (Å²) >= 11 is 0. The van der Waals surface area contributed by atoms with E-state index in [-0.39, 0.29) is 16.6 Å². The Kier molecular flexibility index (Phi) is 5.03. The molecule has 1 aliphatic heterocycles. The van der Waals surface area contributed by atoms with Crippen molar-refractivity contribution in [2.24, 2.45) is 0 Å². The Hall–Kier alpha value is -1.99. The van der Waals surface area contributed by atoms with Crippen LogP contribution in [0.15, 0.2) is 15.8 Å². The lowest BCUT2D eigenvalue weighted by Gasteiger charge is -2.17. The zero-order chi connectivity index (χ0) is 20.1. The van der Waals surface area contributed by atoms with Crippen LogP contribution in [0.5, 0.6) is 0 Å². The Bertz CT molecular complexity index is 1050. The maximum absolute atomic E-state index is 14.3. The van der Waals surface area contributed by atoms with Crippen molar-refractivity contribution >= 4 is 18.9 Å². The summed E-state index contributed by atoms with van der Waals surface area (Å²) in [4.78, 5) is 47.0. The summed E-state index contributed by atoms with van der Waals surface area (Å²) in [7, 11) is -4.85. The predicted octanol–water partition coefficient (Wildman–Crippen LogP) is -1.74. The fourth-order valence-electron chi connectivity index (χ4n) is 2.68. The van der Waals surface area contributed by atoms with Crippen molar-refractivity contribution in [2.45, 2.75) is 31.5 Å². The van der Waals surface area contributed by atoms with Gasteiger partial charge in [0.25, 0.3) is 5.56 Å². The van der Waals surface area contributed by atoms with E-state index in [4.69, 9.17) is 14.5 Å². The van der Waals surface area contributed by atoms with E-state index in [1.165, 1.54) is 6.92 Å². The third-order valence-corrected chi connectivity index (χ3v) is 4.59.